The minimum atomic E-state index is 0.667. The predicted octanol–water partition coefficient (Wildman–Crippen LogP) is 3.11. The van der Waals surface area contributed by atoms with Crippen LogP contribution >= 0.6 is 11.8 Å². The van der Waals surface area contributed by atoms with Gasteiger partial charge < -0.3 is 9.47 Å². The van der Waals surface area contributed by atoms with Gasteiger partial charge in [0.25, 0.3) is 0 Å². The molecule has 1 unspecified atom stereocenters. The first-order valence-corrected chi connectivity index (χ1v) is 6.75. The third-order valence-electron chi connectivity index (χ3n) is 2.74. The molecule has 1 atom stereocenters. The first-order valence-electron chi connectivity index (χ1n) is 5.71. The Balaban J connectivity index is 1.83. The Labute approximate surface area is 101 Å². The van der Waals surface area contributed by atoms with Crippen molar-refractivity contribution in [1.29, 1.82) is 0 Å². The second-order valence-corrected chi connectivity index (χ2v) is 5.29. The summed E-state index contributed by atoms with van der Waals surface area (Å²) in [5.74, 6) is 1.99. The molecule has 0 spiro atoms. The van der Waals surface area contributed by atoms with Gasteiger partial charge in [0.15, 0.2) is 0 Å². The van der Waals surface area contributed by atoms with E-state index in [-0.39, 0.29) is 0 Å². The topological polar surface area (TPSA) is 18.5 Å². The van der Waals surface area contributed by atoms with E-state index in [0.29, 0.717) is 5.25 Å². The minimum absolute atomic E-state index is 0.667. The highest BCUT2D eigenvalue weighted by Gasteiger charge is 2.14. The lowest BCUT2D eigenvalue weighted by molar-refractivity contribution is 0.101. The molecule has 1 aliphatic rings. The Morgan fingerprint density at radius 2 is 2.44 bits per heavy atom. The fourth-order valence-corrected chi connectivity index (χ4v) is 2.95. The monoisotopic (exact) mass is 238 g/mol. The number of methoxy groups -OCH3 is 1. The van der Waals surface area contributed by atoms with Gasteiger partial charge in [0.05, 0.1) is 13.7 Å². The van der Waals surface area contributed by atoms with Crippen molar-refractivity contribution in [3.63, 3.8) is 0 Å². The standard InChI is InChI=1S/C13H18O2S/c1-14-12-5-2-4-11(8-12)10-16-13-6-3-7-15-9-13/h2,4-5,8,13H,3,6-7,9-10H2,1H3. The van der Waals surface area contributed by atoms with Crippen molar-refractivity contribution in [3.05, 3.63) is 29.8 Å². The summed E-state index contributed by atoms with van der Waals surface area (Å²) in [6, 6.07) is 8.29. The molecule has 0 aliphatic carbocycles. The van der Waals surface area contributed by atoms with Gasteiger partial charge in [-0.3, -0.25) is 0 Å². The van der Waals surface area contributed by atoms with Crippen LogP contribution in [0.4, 0.5) is 0 Å². The zero-order chi connectivity index (χ0) is 11.2. The van der Waals surface area contributed by atoms with Gasteiger partial charge in [0, 0.05) is 17.6 Å². The molecule has 0 amide bonds. The van der Waals surface area contributed by atoms with E-state index in [1.165, 1.54) is 18.4 Å². The molecule has 1 fully saturated rings. The predicted molar refractivity (Wildman–Crippen MR) is 68.1 cm³/mol. The van der Waals surface area contributed by atoms with Crippen LogP contribution in [0.5, 0.6) is 5.75 Å². The summed E-state index contributed by atoms with van der Waals surface area (Å²) in [6.45, 7) is 1.85. The van der Waals surface area contributed by atoms with Crippen LogP contribution in [0.1, 0.15) is 18.4 Å². The summed E-state index contributed by atoms with van der Waals surface area (Å²) in [6.07, 6.45) is 2.49. The molecule has 2 rings (SSSR count). The highest BCUT2D eigenvalue weighted by molar-refractivity contribution is 7.99. The van der Waals surface area contributed by atoms with Crippen LogP contribution in [0.15, 0.2) is 24.3 Å². The quantitative estimate of drug-likeness (QED) is 0.803. The third kappa shape index (κ3) is 3.42. The second kappa shape index (κ2) is 6.16. The van der Waals surface area contributed by atoms with Crippen LogP contribution in [-0.4, -0.2) is 25.6 Å². The Bertz CT molecular complexity index is 321. The number of hydrogen-bond acceptors (Lipinski definition) is 3. The van der Waals surface area contributed by atoms with E-state index in [2.05, 4.69) is 12.1 Å². The molecule has 1 aromatic carbocycles. The molecule has 0 bridgehead atoms. The largest absolute Gasteiger partial charge is 0.497 e. The molecule has 1 aromatic rings. The van der Waals surface area contributed by atoms with Gasteiger partial charge in [-0.25, -0.2) is 0 Å². The minimum Gasteiger partial charge on any atom is -0.497 e. The molecule has 3 heteroatoms. The van der Waals surface area contributed by atoms with Crippen LogP contribution in [0, 0.1) is 0 Å². The maximum atomic E-state index is 5.47. The van der Waals surface area contributed by atoms with Gasteiger partial charge >= 0.3 is 0 Å². The van der Waals surface area contributed by atoms with Crippen molar-refractivity contribution in [3.8, 4) is 5.75 Å². The molecule has 16 heavy (non-hydrogen) atoms. The SMILES string of the molecule is COc1cccc(CSC2CCCOC2)c1. The maximum absolute atomic E-state index is 5.47. The Morgan fingerprint density at radius 1 is 1.50 bits per heavy atom. The lowest BCUT2D eigenvalue weighted by atomic mass is 10.2. The van der Waals surface area contributed by atoms with E-state index < -0.39 is 0 Å². The van der Waals surface area contributed by atoms with E-state index in [1.54, 1.807) is 7.11 Å². The smallest absolute Gasteiger partial charge is 0.119 e. The fourth-order valence-electron chi connectivity index (χ4n) is 1.82. The summed E-state index contributed by atoms with van der Waals surface area (Å²) < 4.78 is 10.7. The van der Waals surface area contributed by atoms with E-state index in [9.17, 15) is 0 Å². The van der Waals surface area contributed by atoms with Crippen molar-refractivity contribution in [1.82, 2.24) is 0 Å². The average Bonchev–Trinajstić information content (AvgIpc) is 2.38. The first-order chi connectivity index (χ1) is 7.88. The molecule has 0 saturated carbocycles. The van der Waals surface area contributed by atoms with Gasteiger partial charge in [-0.15, -0.1) is 0 Å². The van der Waals surface area contributed by atoms with Crippen molar-refractivity contribution in [2.75, 3.05) is 20.3 Å². The second-order valence-electron chi connectivity index (χ2n) is 4.00. The highest BCUT2D eigenvalue weighted by Crippen LogP contribution is 2.25. The van der Waals surface area contributed by atoms with E-state index in [4.69, 9.17) is 9.47 Å². The molecule has 2 nitrogen and oxygen atoms in total. The van der Waals surface area contributed by atoms with Gasteiger partial charge in [-0.2, -0.15) is 11.8 Å². The molecular formula is C13H18O2S. The number of hydrogen-bond donors (Lipinski definition) is 0. The normalized spacial score (nSPS) is 20.7. The first kappa shape index (κ1) is 11.8. The molecule has 1 saturated heterocycles. The van der Waals surface area contributed by atoms with Gasteiger partial charge in [0.2, 0.25) is 0 Å². The lowest BCUT2D eigenvalue weighted by Gasteiger charge is -2.21. The van der Waals surface area contributed by atoms with E-state index in [1.807, 2.05) is 23.9 Å². The number of ether oxygens (including phenoxy) is 2. The number of benzene rings is 1. The number of thioether (sulfide) groups is 1. The third-order valence-corrected chi connectivity index (χ3v) is 4.08. The van der Waals surface area contributed by atoms with E-state index in [0.717, 1.165) is 24.7 Å². The van der Waals surface area contributed by atoms with Crippen LogP contribution in [0.3, 0.4) is 0 Å². The van der Waals surface area contributed by atoms with Crippen LogP contribution in [-0.2, 0) is 10.5 Å². The molecule has 88 valence electrons. The Kier molecular flexibility index (Phi) is 4.55. The molecule has 0 N–H and O–H groups in total. The Hall–Kier alpha value is -0.670. The van der Waals surface area contributed by atoms with Crippen LogP contribution < -0.4 is 4.74 Å². The summed E-state index contributed by atoms with van der Waals surface area (Å²) in [4.78, 5) is 0. The van der Waals surface area contributed by atoms with E-state index >= 15 is 0 Å². The van der Waals surface area contributed by atoms with Gasteiger partial charge in [0.1, 0.15) is 5.75 Å². The molecule has 0 radical (unpaired) electrons. The van der Waals surface area contributed by atoms with Crippen LogP contribution in [0.25, 0.3) is 0 Å². The van der Waals surface area contributed by atoms with Crippen molar-refractivity contribution in [2.45, 2.75) is 23.8 Å². The van der Waals surface area contributed by atoms with Crippen molar-refractivity contribution >= 4 is 11.8 Å². The lowest BCUT2D eigenvalue weighted by Crippen LogP contribution is -2.19. The number of rotatable bonds is 4. The molecule has 1 aliphatic heterocycles. The van der Waals surface area contributed by atoms with Gasteiger partial charge in [-0.1, -0.05) is 12.1 Å². The summed E-state index contributed by atoms with van der Waals surface area (Å²) >= 11 is 1.99. The summed E-state index contributed by atoms with van der Waals surface area (Å²) in [5.41, 5.74) is 1.33. The Morgan fingerprint density at radius 3 is 3.19 bits per heavy atom. The average molecular weight is 238 g/mol. The van der Waals surface area contributed by atoms with Crippen LogP contribution in [0.2, 0.25) is 0 Å². The molecule has 0 aromatic heterocycles. The zero-order valence-corrected chi connectivity index (χ0v) is 10.5. The maximum Gasteiger partial charge on any atom is 0.119 e. The zero-order valence-electron chi connectivity index (χ0n) is 9.65. The van der Waals surface area contributed by atoms with Gasteiger partial charge in [-0.05, 0) is 30.5 Å². The molecular weight excluding hydrogens is 220 g/mol. The summed E-state index contributed by atoms with van der Waals surface area (Å²) in [7, 11) is 1.71. The summed E-state index contributed by atoms with van der Waals surface area (Å²) in [5, 5.41) is 0.667. The highest BCUT2D eigenvalue weighted by atomic mass is 32.2. The van der Waals surface area contributed by atoms with Crippen molar-refractivity contribution < 1.29 is 9.47 Å². The molecule has 1 heterocycles. The van der Waals surface area contributed by atoms with Crippen molar-refractivity contribution in [2.24, 2.45) is 0 Å². The fraction of sp³-hybridized carbons (Fsp3) is 0.538.